The van der Waals surface area contributed by atoms with Crippen LogP contribution in [0.3, 0.4) is 0 Å². The molecule has 0 aliphatic carbocycles. The molecule has 2 rings (SSSR count). The molecule has 0 aliphatic heterocycles. The minimum Gasteiger partial charge on any atom is -0.466 e. The molecule has 3 nitrogen and oxygen atoms in total. The summed E-state index contributed by atoms with van der Waals surface area (Å²) in [5.74, 6) is 0.137. The maximum absolute atomic E-state index is 12.6. The summed E-state index contributed by atoms with van der Waals surface area (Å²) < 4.78 is 5.34. The Morgan fingerprint density at radius 2 is 1.48 bits per heavy atom. The predicted molar refractivity (Wildman–Crippen MR) is 99.6 cm³/mol. The van der Waals surface area contributed by atoms with Crippen molar-refractivity contribution in [3.63, 3.8) is 0 Å². The molecule has 0 saturated heterocycles. The zero-order chi connectivity index (χ0) is 18.1. The number of ether oxygens (including phenoxy) is 1. The van der Waals surface area contributed by atoms with Gasteiger partial charge in [0, 0.05) is 17.9 Å². The quantitative estimate of drug-likeness (QED) is 0.476. The molecular formula is C22H26O3. The number of Topliss-reactive ketones (excluding diaryl/α,β-unsaturated/α-hetero) is 1. The second kappa shape index (κ2) is 9.77. The third-order valence-corrected chi connectivity index (χ3v) is 4.17. The van der Waals surface area contributed by atoms with Crippen molar-refractivity contribution in [2.24, 2.45) is 5.92 Å². The van der Waals surface area contributed by atoms with Crippen LogP contribution in [0.5, 0.6) is 0 Å². The molecule has 0 N–H and O–H groups in total. The summed E-state index contributed by atoms with van der Waals surface area (Å²) >= 11 is 0. The van der Waals surface area contributed by atoms with Gasteiger partial charge in [0.1, 0.15) is 0 Å². The third-order valence-electron chi connectivity index (χ3n) is 4.17. The highest BCUT2D eigenvalue weighted by Gasteiger charge is 2.21. The zero-order valence-corrected chi connectivity index (χ0v) is 15.0. The van der Waals surface area contributed by atoms with Gasteiger partial charge in [-0.2, -0.15) is 0 Å². The highest BCUT2D eigenvalue weighted by atomic mass is 16.5. The second-order valence-electron chi connectivity index (χ2n) is 6.71. The molecule has 0 bridgehead atoms. The highest BCUT2D eigenvalue weighted by Crippen LogP contribution is 2.26. The lowest BCUT2D eigenvalue weighted by Crippen LogP contribution is -2.15. The average molecular weight is 338 g/mol. The Bertz CT molecular complexity index is 662. The molecule has 0 radical (unpaired) electrons. The van der Waals surface area contributed by atoms with Crippen LogP contribution in [0, 0.1) is 5.92 Å². The molecule has 2 aromatic rings. The molecule has 0 aliphatic rings. The van der Waals surface area contributed by atoms with E-state index >= 15 is 0 Å². The SMILES string of the molecule is CC(C)CCOC(=O)CC(CC(=O)c1ccccc1)c1ccccc1. The number of carbonyl (C=O) groups is 2. The van der Waals surface area contributed by atoms with Gasteiger partial charge in [-0.05, 0) is 17.9 Å². The summed E-state index contributed by atoms with van der Waals surface area (Å²) in [4.78, 5) is 24.8. The van der Waals surface area contributed by atoms with Crippen LogP contribution in [0.1, 0.15) is 54.9 Å². The first kappa shape index (κ1) is 18.9. The minimum absolute atomic E-state index is 0.0458. The minimum atomic E-state index is -0.240. The first-order valence-corrected chi connectivity index (χ1v) is 8.85. The van der Waals surface area contributed by atoms with Gasteiger partial charge in [0.25, 0.3) is 0 Å². The molecule has 3 heteroatoms. The number of carbonyl (C=O) groups excluding carboxylic acids is 2. The molecule has 1 unspecified atom stereocenters. The van der Waals surface area contributed by atoms with Crippen LogP contribution in [0.4, 0.5) is 0 Å². The largest absolute Gasteiger partial charge is 0.466 e. The lowest BCUT2D eigenvalue weighted by Gasteiger charge is -2.16. The van der Waals surface area contributed by atoms with Crippen LogP contribution < -0.4 is 0 Å². The van der Waals surface area contributed by atoms with Crippen molar-refractivity contribution in [1.29, 1.82) is 0 Å². The molecule has 1 atom stereocenters. The first-order chi connectivity index (χ1) is 12.1. The molecule has 0 heterocycles. The summed E-state index contributed by atoms with van der Waals surface area (Å²) in [6, 6.07) is 18.9. The Hall–Kier alpha value is -2.42. The highest BCUT2D eigenvalue weighted by molar-refractivity contribution is 5.96. The fourth-order valence-electron chi connectivity index (χ4n) is 2.67. The van der Waals surface area contributed by atoms with Crippen molar-refractivity contribution in [1.82, 2.24) is 0 Å². The van der Waals surface area contributed by atoms with E-state index < -0.39 is 0 Å². The number of ketones is 1. The Morgan fingerprint density at radius 3 is 2.08 bits per heavy atom. The van der Waals surface area contributed by atoms with Crippen LogP contribution in [0.2, 0.25) is 0 Å². The average Bonchev–Trinajstić information content (AvgIpc) is 2.62. The molecule has 132 valence electrons. The van der Waals surface area contributed by atoms with Gasteiger partial charge >= 0.3 is 5.97 Å². The summed E-state index contributed by atoms with van der Waals surface area (Å²) in [7, 11) is 0. The van der Waals surface area contributed by atoms with Crippen LogP contribution in [0.25, 0.3) is 0 Å². The predicted octanol–water partition coefficient (Wildman–Crippen LogP) is 5.02. The standard InChI is InChI=1S/C22H26O3/c1-17(2)13-14-25-22(24)16-20(18-9-5-3-6-10-18)15-21(23)19-11-7-4-8-12-19/h3-12,17,20H,13-16H2,1-2H3. The fraction of sp³-hybridized carbons (Fsp3) is 0.364. The molecule has 0 saturated carbocycles. The monoisotopic (exact) mass is 338 g/mol. The molecule has 2 aromatic carbocycles. The van der Waals surface area contributed by atoms with E-state index in [0.29, 0.717) is 24.5 Å². The maximum Gasteiger partial charge on any atom is 0.306 e. The van der Waals surface area contributed by atoms with Crippen molar-refractivity contribution in [3.8, 4) is 0 Å². The van der Waals surface area contributed by atoms with E-state index in [4.69, 9.17) is 4.74 Å². The lowest BCUT2D eigenvalue weighted by molar-refractivity contribution is -0.144. The smallest absolute Gasteiger partial charge is 0.306 e. The van der Waals surface area contributed by atoms with E-state index in [0.717, 1.165) is 12.0 Å². The first-order valence-electron chi connectivity index (χ1n) is 8.85. The Kier molecular flexibility index (Phi) is 7.39. The lowest BCUT2D eigenvalue weighted by atomic mass is 9.89. The van der Waals surface area contributed by atoms with E-state index in [1.165, 1.54) is 0 Å². The topological polar surface area (TPSA) is 43.4 Å². The Labute approximate surface area is 150 Å². The number of hydrogen-bond donors (Lipinski definition) is 0. The molecule has 0 fully saturated rings. The van der Waals surface area contributed by atoms with Gasteiger partial charge in [-0.3, -0.25) is 9.59 Å². The summed E-state index contributed by atoms with van der Waals surface area (Å²) in [6.07, 6.45) is 1.37. The van der Waals surface area contributed by atoms with Gasteiger partial charge in [0.05, 0.1) is 13.0 Å². The van der Waals surface area contributed by atoms with Crippen molar-refractivity contribution in [2.75, 3.05) is 6.61 Å². The van der Waals surface area contributed by atoms with Gasteiger partial charge in [-0.1, -0.05) is 74.5 Å². The molecule has 0 amide bonds. The van der Waals surface area contributed by atoms with E-state index in [1.54, 1.807) is 0 Å². The Balaban J connectivity index is 2.03. The van der Waals surface area contributed by atoms with Gasteiger partial charge in [0.2, 0.25) is 0 Å². The molecule has 0 aromatic heterocycles. The summed E-state index contributed by atoms with van der Waals surface area (Å²) in [6.45, 7) is 4.63. The maximum atomic E-state index is 12.6. The van der Waals surface area contributed by atoms with Crippen LogP contribution in [0.15, 0.2) is 60.7 Å². The number of esters is 1. The van der Waals surface area contributed by atoms with Gasteiger partial charge < -0.3 is 4.74 Å². The zero-order valence-electron chi connectivity index (χ0n) is 15.0. The van der Waals surface area contributed by atoms with Crippen LogP contribution >= 0.6 is 0 Å². The van der Waals surface area contributed by atoms with Crippen molar-refractivity contribution in [3.05, 3.63) is 71.8 Å². The summed E-state index contributed by atoms with van der Waals surface area (Å²) in [5, 5.41) is 0. The van der Waals surface area contributed by atoms with Crippen LogP contribution in [-0.2, 0) is 9.53 Å². The van der Waals surface area contributed by atoms with E-state index in [2.05, 4.69) is 13.8 Å². The number of hydrogen-bond acceptors (Lipinski definition) is 3. The van der Waals surface area contributed by atoms with Gasteiger partial charge in [-0.15, -0.1) is 0 Å². The van der Waals surface area contributed by atoms with Crippen molar-refractivity contribution >= 4 is 11.8 Å². The van der Waals surface area contributed by atoms with E-state index in [9.17, 15) is 9.59 Å². The van der Waals surface area contributed by atoms with Gasteiger partial charge in [-0.25, -0.2) is 0 Å². The van der Waals surface area contributed by atoms with Crippen molar-refractivity contribution in [2.45, 2.75) is 39.0 Å². The number of rotatable bonds is 9. The van der Waals surface area contributed by atoms with E-state index in [1.807, 2.05) is 60.7 Å². The summed E-state index contributed by atoms with van der Waals surface area (Å²) in [5.41, 5.74) is 1.67. The van der Waals surface area contributed by atoms with Crippen LogP contribution in [-0.4, -0.2) is 18.4 Å². The molecule has 25 heavy (non-hydrogen) atoms. The Morgan fingerprint density at radius 1 is 0.880 bits per heavy atom. The molecular weight excluding hydrogens is 312 g/mol. The third kappa shape index (κ3) is 6.54. The van der Waals surface area contributed by atoms with Gasteiger partial charge in [0.15, 0.2) is 5.78 Å². The van der Waals surface area contributed by atoms with E-state index in [-0.39, 0.29) is 24.1 Å². The second-order valence-corrected chi connectivity index (χ2v) is 6.71. The van der Waals surface area contributed by atoms with Crippen molar-refractivity contribution < 1.29 is 14.3 Å². The normalized spacial score (nSPS) is 12.0. The fourth-order valence-corrected chi connectivity index (χ4v) is 2.67. The molecule has 0 spiro atoms. The number of benzene rings is 2.